The number of anilines is 1. The number of nitrogen functional groups attached to an aromatic ring is 1. The molecule has 2 aromatic rings. The predicted molar refractivity (Wildman–Crippen MR) is 82.2 cm³/mol. The zero-order chi connectivity index (χ0) is 14.8. The summed E-state index contributed by atoms with van der Waals surface area (Å²) in [4.78, 5) is 19.1. The fourth-order valence-corrected chi connectivity index (χ4v) is 3.52. The summed E-state index contributed by atoms with van der Waals surface area (Å²) in [7, 11) is -1.47. The number of fused-ring (bicyclic) bond motifs is 1. The molecule has 1 atom stereocenters. The SMILES string of the molecule is Nc1ccc2nc(S(=O)CC(=O)NC3CCCC3)[nH]c2c1. The molecule has 1 heterocycles. The summed E-state index contributed by atoms with van der Waals surface area (Å²) in [6.07, 6.45) is 4.34. The van der Waals surface area contributed by atoms with Crippen molar-refractivity contribution >= 4 is 33.4 Å². The number of nitrogens with one attached hydrogen (secondary N) is 2. The third-order valence-electron chi connectivity index (χ3n) is 3.68. The fourth-order valence-electron chi connectivity index (χ4n) is 2.64. The first-order chi connectivity index (χ1) is 10.1. The standard InChI is InChI=1S/C14H18N4O2S/c15-9-5-6-11-12(7-9)18-14(17-11)21(20)8-13(19)16-10-3-1-2-4-10/h5-7,10H,1-4,8,15H2,(H,16,19)(H,17,18). The first-order valence-electron chi connectivity index (χ1n) is 7.05. The Morgan fingerprint density at radius 2 is 2.19 bits per heavy atom. The number of hydrogen-bond donors (Lipinski definition) is 3. The van der Waals surface area contributed by atoms with E-state index in [2.05, 4.69) is 15.3 Å². The summed E-state index contributed by atoms with van der Waals surface area (Å²) in [5.41, 5.74) is 7.74. The maximum atomic E-state index is 12.2. The number of hydrogen-bond acceptors (Lipinski definition) is 4. The summed E-state index contributed by atoms with van der Waals surface area (Å²) in [6.45, 7) is 0. The van der Waals surface area contributed by atoms with Crippen molar-refractivity contribution in [3.63, 3.8) is 0 Å². The second-order valence-corrected chi connectivity index (χ2v) is 6.72. The number of nitrogens with zero attached hydrogens (tertiary/aromatic N) is 1. The van der Waals surface area contributed by atoms with E-state index in [1.54, 1.807) is 18.2 Å². The van der Waals surface area contributed by atoms with E-state index in [0.29, 0.717) is 16.4 Å². The first-order valence-corrected chi connectivity index (χ1v) is 8.37. The lowest BCUT2D eigenvalue weighted by Crippen LogP contribution is -2.35. The molecule has 1 aromatic heterocycles. The van der Waals surface area contributed by atoms with Crippen LogP contribution >= 0.6 is 0 Å². The van der Waals surface area contributed by atoms with Gasteiger partial charge in [0.25, 0.3) is 0 Å². The molecule has 1 unspecified atom stereocenters. The van der Waals surface area contributed by atoms with Gasteiger partial charge in [-0.1, -0.05) is 12.8 Å². The van der Waals surface area contributed by atoms with Crippen LogP contribution in [0, 0.1) is 0 Å². The molecule has 1 aliphatic carbocycles. The largest absolute Gasteiger partial charge is 0.399 e. The Kier molecular flexibility index (Phi) is 3.92. The van der Waals surface area contributed by atoms with Crippen molar-refractivity contribution in [2.75, 3.05) is 11.5 Å². The Morgan fingerprint density at radius 1 is 1.43 bits per heavy atom. The van der Waals surface area contributed by atoms with Crippen molar-refractivity contribution in [3.05, 3.63) is 18.2 Å². The molecule has 0 bridgehead atoms. The number of carbonyl (C=O) groups is 1. The number of imidazole rings is 1. The molecule has 21 heavy (non-hydrogen) atoms. The summed E-state index contributed by atoms with van der Waals surface area (Å²) in [5.74, 6) is -0.244. The maximum Gasteiger partial charge on any atom is 0.233 e. The molecule has 1 aliphatic rings. The summed E-state index contributed by atoms with van der Waals surface area (Å²) >= 11 is 0. The van der Waals surface area contributed by atoms with Crippen molar-refractivity contribution in [1.82, 2.24) is 15.3 Å². The molecular formula is C14H18N4O2S. The number of nitrogens with two attached hydrogens (primary N) is 1. The van der Waals surface area contributed by atoms with Gasteiger partial charge in [-0.05, 0) is 31.0 Å². The smallest absolute Gasteiger partial charge is 0.233 e. The number of H-pyrrole nitrogens is 1. The predicted octanol–water partition coefficient (Wildman–Crippen LogP) is 1.31. The van der Waals surface area contributed by atoms with Crippen molar-refractivity contribution in [3.8, 4) is 0 Å². The van der Waals surface area contributed by atoms with Crippen LogP contribution in [0.3, 0.4) is 0 Å². The van der Waals surface area contributed by atoms with E-state index in [1.807, 2.05) is 0 Å². The Balaban J connectivity index is 1.67. The van der Waals surface area contributed by atoms with E-state index >= 15 is 0 Å². The topological polar surface area (TPSA) is 101 Å². The first kappa shape index (κ1) is 14.1. The molecule has 7 heteroatoms. The number of benzene rings is 1. The van der Waals surface area contributed by atoms with Crippen LogP contribution in [0.2, 0.25) is 0 Å². The highest BCUT2D eigenvalue weighted by Crippen LogP contribution is 2.18. The zero-order valence-corrected chi connectivity index (χ0v) is 12.4. The lowest BCUT2D eigenvalue weighted by molar-refractivity contribution is -0.119. The zero-order valence-electron chi connectivity index (χ0n) is 11.6. The van der Waals surface area contributed by atoms with Crippen LogP contribution in [0.25, 0.3) is 11.0 Å². The second kappa shape index (κ2) is 5.85. The summed E-state index contributed by atoms with van der Waals surface area (Å²) in [6, 6.07) is 5.48. The average molecular weight is 306 g/mol. The number of aromatic nitrogens is 2. The Bertz CT molecular complexity index is 691. The maximum absolute atomic E-state index is 12.2. The van der Waals surface area contributed by atoms with Crippen LogP contribution in [0.5, 0.6) is 0 Å². The number of rotatable bonds is 4. The molecule has 1 aromatic carbocycles. The van der Waals surface area contributed by atoms with Gasteiger partial charge in [-0.3, -0.25) is 9.00 Å². The van der Waals surface area contributed by atoms with E-state index in [1.165, 1.54) is 0 Å². The van der Waals surface area contributed by atoms with E-state index in [9.17, 15) is 9.00 Å². The molecule has 3 rings (SSSR count). The van der Waals surface area contributed by atoms with Gasteiger partial charge in [-0.15, -0.1) is 0 Å². The van der Waals surface area contributed by atoms with Crippen LogP contribution in [0.1, 0.15) is 25.7 Å². The molecule has 0 aliphatic heterocycles. The highest BCUT2D eigenvalue weighted by Gasteiger charge is 2.20. The Morgan fingerprint density at radius 3 is 2.95 bits per heavy atom. The van der Waals surface area contributed by atoms with Crippen molar-refractivity contribution in [2.24, 2.45) is 0 Å². The Hall–Kier alpha value is -1.89. The summed E-state index contributed by atoms with van der Waals surface area (Å²) < 4.78 is 12.2. The van der Waals surface area contributed by atoms with Crippen LogP contribution in [0.15, 0.2) is 23.4 Å². The van der Waals surface area contributed by atoms with Gasteiger partial charge in [-0.25, -0.2) is 4.98 Å². The minimum absolute atomic E-state index is 0.0637. The highest BCUT2D eigenvalue weighted by atomic mass is 32.2. The normalized spacial score (nSPS) is 17.1. The third kappa shape index (κ3) is 3.24. The van der Waals surface area contributed by atoms with Gasteiger partial charge in [0.05, 0.1) is 21.8 Å². The Labute approximate surface area is 125 Å². The molecule has 1 amide bonds. The minimum atomic E-state index is -1.47. The number of aromatic amines is 1. The van der Waals surface area contributed by atoms with Crippen molar-refractivity contribution < 1.29 is 9.00 Å². The lowest BCUT2D eigenvalue weighted by Gasteiger charge is -2.10. The van der Waals surface area contributed by atoms with Gasteiger partial charge >= 0.3 is 0 Å². The lowest BCUT2D eigenvalue weighted by atomic mass is 10.2. The van der Waals surface area contributed by atoms with Crippen LogP contribution < -0.4 is 11.1 Å². The second-order valence-electron chi connectivity index (χ2n) is 5.36. The van der Waals surface area contributed by atoms with Gasteiger partial charge in [0.15, 0.2) is 5.16 Å². The quantitative estimate of drug-likeness (QED) is 0.741. The number of amides is 1. The van der Waals surface area contributed by atoms with Gasteiger partial charge in [0, 0.05) is 11.7 Å². The molecule has 0 spiro atoms. The molecule has 1 saturated carbocycles. The van der Waals surface area contributed by atoms with Gasteiger partial charge in [0.2, 0.25) is 5.91 Å². The van der Waals surface area contributed by atoms with Gasteiger partial charge < -0.3 is 16.0 Å². The van der Waals surface area contributed by atoms with E-state index in [-0.39, 0.29) is 17.7 Å². The molecule has 0 saturated heterocycles. The van der Waals surface area contributed by atoms with Gasteiger partial charge in [-0.2, -0.15) is 0 Å². The van der Waals surface area contributed by atoms with Crippen molar-refractivity contribution in [2.45, 2.75) is 36.9 Å². The van der Waals surface area contributed by atoms with E-state index in [4.69, 9.17) is 5.73 Å². The third-order valence-corrected chi connectivity index (χ3v) is 4.83. The average Bonchev–Trinajstić information content (AvgIpc) is 3.06. The van der Waals surface area contributed by atoms with Crippen molar-refractivity contribution in [1.29, 1.82) is 0 Å². The van der Waals surface area contributed by atoms with Crippen LogP contribution in [-0.4, -0.2) is 31.9 Å². The minimum Gasteiger partial charge on any atom is -0.399 e. The fraction of sp³-hybridized carbons (Fsp3) is 0.429. The van der Waals surface area contributed by atoms with Gasteiger partial charge in [0.1, 0.15) is 5.75 Å². The van der Waals surface area contributed by atoms with E-state index < -0.39 is 10.8 Å². The number of carbonyl (C=O) groups excluding carboxylic acids is 1. The molecule has 1 fully saturated rings. The molecule has 0 radical (unpaired) electrons. The highest BCUT2D eigenvalue weighted by molar-refractivity contribution is 7.85. The summed E-state index contributed by atoms with van der Waals surface area (Å²) in [5, 5.41) is 3.25. The monoisotopic (exact) mass is 306 g/mol. The molecule has 6 nitrogen and oxygen atoms in total. The molecule has 4 N–H and O–H groups in total. The molecular weight excluding hydrogens is 288 g/mol. The van der Waals surface area contributed by atoms with E-state index in [0.717, 1.165) is 31.2 Å². The van der Waals surface area contributed by atoms with Crippen LogP contribution in [-0.2, 0) is 15.6 Å². The van der Waals surface area contributed by atoms with Crippen LogP contribution in [0.4, 0.5) is 5.69 Å². The molecule has 112 valence electrons.